The summed E-state index contributed by atoms with van der Waals surface area (Å²) in [6, 6.07) is 0. The van der Waals surface area contributed by atoms with Gasteiger partial charge < -0.3 is 4.57 Å². The highest BCUT2D eigenvalue weighted by atomic mass is 32.2. The van der Waals surface area contributed by atoms with E-state index >= 15 is 0 Å². The van der Waals surface area contributed by atoms with Crippen molar-refractivity contribution in [2.45, 2.75) is 39.3 Å². The monoisotopic (exact) mass is 315 g/mol. The van der Waals surface area contributed by atoms with Gasteiger partial charge in [0.2, 0.25) is 10.0 Å². The quantitative estimate of drug-likeness (QED) is 0.764. The van der Waals surface area contributed by atoms with Crippen molar-refractivity contribution in [3.63, 3.8) is 0 Å². The minimum absolute atomic E-state index is 0.195. The van der Waals surface area contributed by atoms with E-state index in [0.29, 0.717) is 12.3 Å². The van der Waals surface area contributed by atoms with Gasteiger partial charge in [0.1, 0.15) is 11.6 Å². The van der Waals surface area contributed by atoms with Crippen LogP contribution in [0.4, 0.5) is 0 Å². The number of fused-ring (bicyclic) bond motifs is 1. The molecule has 0 atom stereocenters. The molecule has 0 spiro atoms. The van der Waals surface area contributed by atoms with Gasteiger partial charge in [-0.3, -0.25) is 4.90 Å². The maximum Gasteiger partial charge on any atom is 0.213 e. The van der Waals surface area contributed by atoms with Crippen LogP contribution in [0.25, 0.3) is 0 Å². The van der Waals surface area contributed by atoms with E-state index < -0.39 is 10.0 Å². The van der Waals surface area contributed by atoms with E-state index in [9.17, 15) is 8.42 Å². The van der Waals surface area contributed by atoms with E-state index in [1.54, 1.807) is 14.1 Å². The van der Waals surface area contributed by atoms with Crippen LogP contribution in [0.1, 0.15) is 37.8 Å². The smallest absolute Gasteiger partial charge is 0.213 e. The van der Waals surface area contributed by atoms with E-state index in [2.05, 4.69) is 33.5 Å². The molecule has 0 bridgehead atoms. The molecule has 0 amide bonds. The third-order valence-electron chi connectivity index (χ3n) is 3.81. The molecule has 8 heteroatoms. The normalized spacial score (nSPS) is 16.7. The highest BCUT2D eigenvalue weighted by Crippen LogP contribution is 2.18. The summed E-state index contributed by atoms with van der Waals surface area (Å²) in [7, 11) is 0.0579. The van der Waals surface area contributed by atoms with Crippen LogP contribution >= 0.6 is 0 Å². The largest absolute Gasteiger partial charge is 0.312 e. The molecule has 0 saturated heterocycles. The fourth-order valence-corrected chi connectivity index (χ4v) is 3.36. The molecule has 0 aliphatic carbocycles. The Balaban J connectivity index is 1.88. The molecule has 0 unspecified atom stereocenters. The Hall–Kier alpha value is -0.990. The van der Waals surface area contributed by atoms with Crippen LogP contribution in [-0.4, -0.2) is 65.3 Å². The molecule has 0 fully saturated rings. The zero-order valence-electron chi connectivity index (χ0n) is 13.3. The first kappa shape index (κ1) is 16.4. The molecule has 2 heterocycles. The Morgan fingerprint density at radius 2 is 1.95 bits per heavy atom. The van der Waals surface area contributed by atoms with Gasteiger partial charge >= 0.3 is 0 Å². The summed E-state index contributed by atoms with van der Waals surface area (Å²) in [4.78, 5) is 2.25. The summed E-state index contributed by atoms with van der Waals surface area (Å²) in [6.07, 6.45) is 0.645. The molecule has 120 valence electrons. The molecule has 7 nitrogen and oxygen atoms in total. The summed E-state index contributed by atoms with van der Waals surface area (Å²) < 4.78 is 26.9. The SMILES string of the molecule is CC(C)c1nnc2n1CCN(CCCS(=O)(=O)N(C)C)C2. The maximum atomic E-state index is 11.7. The first-order valence-electron chi connectivity index (χ1n) is 7.36. The van der Waals surface area contributed by atoms with Crippen LogP contribution in [0, 0.1) is 0 Å². The van der Waals surface area contributed by atoms with Crippen LogP contribution in [0.5, 0.6) is 0 Å². The lowest BCUT2D eigenvalue weighted by molar-refractivity contribution is 0.215. The molecular formula is C13H25N5O2S. The average molecular weight is 315 g/mol. The molecule has 1 aliphatic heterocycles. The van der Waals surface area contributed by atoms with Crippen molar-refractivity contribution in [1.29, 1.82) is 0 Å². The topological polar surface area (TPSA) is 71.3 Å². The number of hydrogen-bond donors (Lipinski definition) is 0. The third-order valence-corrected chi connectivity index (χ3v) is 5.73. The number of rotatable bonds is 6. The molecule has 0 saturated carbocycles. The lowest BCUT2D eigenvalue weighted by Crippen LogP contribution is -2.36. The zero-order valence-corrected chi connectivity index (χ0v) is 14.1. The van der Waals surface area contributed by atoms with E-state index in [4.69, 9.17) is 0 Å². The number of sulfonamides is 1. The van der Waals surface area contributed by atoms with Crippen LogP contribution in [0.15, 0.2) is 0 Å². The Kier molecular flexibility index (Phi) is 5.00. The van der Waals surface area contributed by atoms with Crippen molar-refractivity contribution in [1.82, 2.24) is 24.0 Å². The molecule has 0 aromatic carbocycles. The van der Waals surface area contributed by atoms with E-state index in [1.807, 2.05) is 0 Å². The summed E-state index contributed by atoms with van der Waals surface area (Å²) in [5.41, 5.74) is 0. The molecule has 1 aromatic heterocycles. The van der Waals surface area contributed by atoms with Gasteiger partial charge in [-0.05, 0) is 13.0 Å². The van der Waals surface area contributed by atoms with Gasteiger partial charge in [-0.1, -0.05) is 13.8 Å². The fraction of sp³-hybridized carbons (Fsp3) is 0.846. The highest BCUT2D eigenvalue weighted by Gasteiger charge is 2.22. The summed E-state index contributed by atoms with van der Waals surface area (Å²) in [5, 5.41) is 8.52. The number of hydrogen-bond acceptors (Lipinski definition) is 5. The van der Waals surface area contributed by atoms with Crippen molar-refractivity contribution in [3.8, 4) is 0 Å². The predicted molar refractivity (Wildman–Crippen MR) is 81.5 cm³/mol. The zero-order chi connectivity index (χ0) is 15.6. The van der Waals surface area contributed by atoms with Gasteiger partial charge in [-0.15, -0.1) is 10.2 Å². The molecule has 1 aromatic rings. The highest BCUT2D eigenvalue weighted by molar-refractivity contribution is 7.89. The van der Waals surface area contributed by atoms with Gasteiger partial charge in [0.25, 0.3) is 0 Å². The Morgan fingerprint density at radius 1 is 1.24 bits per heavy atom. The van der Waals surface area contributed by atoms with Crippen LogP contribution in [0.2, 0.25) is 0 Å². The first-order valence-corrected chi connectivity index (χ1v) is 8.96. The third kappa shape index (κ3) is 3.81. The first-order chi connectivity index (χ1) is 9.81. The summed E-state index contributed by atoms with van der Waals surface area (Å²) in [6.45, 7) is 7.58. The molecule has 0 N–H and O–H groups in total. The van der Waals surface area contributed by atoms with Crippen molar-refractivity contribution in [2.75, 3.05) is 32.9 Å². The van der Waals surface area contributed by atoms with Gasteiger partial charge in [0, 0.05) is 33.1 Å². The maximum absolute atomic E-state index is 11.7. The lowest BCUT2D eigenvalue weighted by Gasteiger charge is -2.28. The van der Waals surface area contributed by atoms with Crippen molar-refractivity contribution < 1.29 is 8.42 Å². The number of aromatic nitrogens is 3. The van der Waals surface area contributed by atoms with Crippen LogP contribution in [0.3, 0.4) is 0 Å². The van der Waals surface area contributed by atoms with Crippen molar-refractivity contribution in [2.24, 2.45) is 0 Å². The van der Waals surface area contributed by atoms with Gasteiger partial charge in [-0.2, -0.15) is 0 Å². The van der Waals surface area contributed by atoms with E-state index in [1.165, 1.54) is 4.31 Å². The Bertz CT molecular complexity index is 579. The molecule has 21 heavy (non-hydrogen) atoms. The minimum Gasteiger partial charge on any atom is -0.312 e. The second kappa shape index (κ2) is 6.41. The number of nitrogens with zero attached hydrogens (tertiary/aromatic N) is 5. The predicted octanol–water partition coefficient (Wildman–Crippen LogP) is 0.499. The molecule has 2 rings (SSSR count). The van der Waals surface area contributed by atoms with E-state index in [-0.39, 0.29) is 5.75 Å². The fourth-order valence-electron chi connectivity index (χ4n) is 2.50. The minimum atomic E-state index is -3.09. The Labute approximate surface area is 127 Å². The molecular weight excluding hydrogens is 290 g/mol. The standard InChI is InChI=1S/C13H25N5O2S/c1-11(2)13-15-14-12-10-17(7-8-18(12)13)6-5-9-21(19,20)16(3)4/h11H,5-10H2,1-4H3. The second-order valence-corrected chi connectivity index (χ2v) is 8.31. The van der Waals surface area contributed by atoms with Crippen LogP contribution in [-0.2, 0) is 23.1 Å². The average Bonchev–Trinajstić information content (AvgIpc) is 2.81. The summed E-state index contributed by atoms with van der Waals surface area (Å²) >= 11 is 0. The lowest BCUT2D eigenvalue weighted by atomic mass is 10.2. The molecule has 0 radical (unpaired) electrons. The van der Waals surface area contributed by atoms with Crippen molar-refractivity contribution >= 4 is 10.0 Å². The summed E-state index contributed by atoms with van der Waals surface area (Å²) in [5.74, 6) is 2.60. The van der Waals surface area contributed by atoms with Crippen molar-refractivity contribution in [3.05, 3.63) is 11.6 Å². The van der Waals surface area contributed by atoms with Gasteiger partial charge in [0.15, 0.2) is 0 Å². The molecule has 1 aliphatic rings. The Morgan fingerprint density at radius 3 is 2.57 bits per heavy atom. The van der Waals surface area contributed by atoms with E-state index in [0.717, 1.165) is 37.8 Å². The second-order valence-electron chi connectivity index (χ2n) is 6.01. The van der Waals surface area contributed by atoms with Crippen LogP contribution < -0.4 is 0 Å². The van der Waals surface area contributed by atoms with Gasteiger partial charge in [-0.25, -0.2) is 12.7 Å². The van der Waals surface area contributed by atoms with Gasteiger partial charge in [0.05, 0.1) is 12.3 Å².